The SMILES string of the molecule is C=C(C)c1cc(N(C)C2CCOCC2)nc(-c2cc(Cl)cc(OCC(O)CNC)c2)n1. The summed E-state index contributed by atoms with van der Waals surface area (Å²) < 4.78 is 11.2. The summed E-state index contributed by atoms with van der Waals surface area (Å²) in [6, 6.07) is 7.70. The van der Waals surface area contributed by atoms with E-state index in [1.807, 2.05) is 25.1 Å². The lowest BCUT2D eigenvalue weighted by Crippen LogP contribution is -2.37. The number of rotatable bonds is 9. The number of nitrogens with one attached hydrogen (secondary N) is 1. The van der Waals surface area contributed by atoms with Crippen LogP contribution in [0.1, 0.15) is 25.5 Å². The minimum Gasteiger partial charge on any atom is -0.491 e. The predicted octanol–water partition coefficient (Wildman–Crippen LogP) is 3.40. The van der Waals surface area contributed by atoms with Crippen molar-refractivity contribution in [1.82, 2.24) is 15.3 Å². The number of halogens is 1. The van der Waals surface area contributed by atoms with Gasteiger partial charge in [0, 0.05) is 49.5 Å². The van der Waals surface area contributed by atoms with E-state index in [0.717, 1.165) is 48.7 Å². The molecule has 1 aliphatic heterocycles. The van der Waals surface area contributed by atoms with Gasteiger partial charge in [-0.25, -0.2) is 9.97 Å². The predicted molar refractivity (Wildman–Crippen MR) is 125 cm³/mol. The lowest BCUT2D eigenvalue weighted by molar-refractivity contribution is 0.0853. The van der Waals surface area contributed by atoms with Crippen LogP contribution in [0.25, 0.3) is 17.0 Å². The van der Waals surface area contributed by atoms with Gasteiger partial charge in [0.1, 0.15) is 24.3 Å². The second kappa shape index (κ2) is 10.9. The van der Waals surface area contributed by atoms with Gasteiger partial charge in [0.2, 0.25) is 0 Å². The Bertz CT molecular complexity index is 902. The first-order chi connectivity index (χ1) is 14.9. The summed E-state index contributed by atoms with van der Waals surface area (Å²) in [4.78, 5) is 11.7. The van der Waals surface area contributed by atoms with Crippen LogP contribution in [-0.4, -0.2) is 67.7 Å². The molecule has 168 valence electrons. The Kier molecular flexibility index (Phi) is 8.26. The fourth-order valence-electron chi connectivity index (χ4n) is 3.48. The van der Waals surface area contributed by atoms with Crippen LogP contribution < -0.4 is 15.0 Å². The number of nitrogens with zero attached hydrogens (tertiary/aromatic N) is 3. The summed E-state index contributed by atoms with van der Waals surface area (Å²) in [5, 5.41) is 13.3. The summed E-state index contributed by atoms with van der Waals surface area (Å²) in [6.45, 7) is 8.11. The molecule has 31 heavy (non-hydrogen) atoms. The van der Waals surface area contributed by atoms with Crippen molar-refractivity contribution in [1.29, 1.82) is 0 Å². The first kappa shape index (κ1) is 23.5. The molecule has 1 atom stereocenters. The van der Waals surface area contributed by atoms with E-state index < -0.39 is 6.10 Å². The highest BCUT2D eigenvalue weighted by Crippen LogP contribution is 2.30. The fourth-order valence-corrected chi connectivity index (χ4v) is 3.71. The molecule has 0 aliphatic carbocycles. The maximum atomic E-state index is 9.92. The summed E-state index contributed by atoms with van der Waals surface area (Å²) in [5.74, 6) is 1.95. The number of hydrogen-bond donors (Lipinski definition) is 2. The van der Waals surface area contributed by atoms with Gasteiger partial charge in [0.25, 0.3) is 0 Å². The van der Waals surface area contributed by atoms with Crippen molar-refractivity contribution >= 4 is 23.0 Å². The van der Waals surface area contributed by atoms with Crippen LogP contribution >= 0.6 is 11.6 Å². The van der Waals surface area contributed by atoms with E-state index in [4.69, 9.17) is 31.0 Å². The molecule has 0 bridgehead atoms. The highest BCUT2D eigenvalue weighted by molar-refractivity contribution is 6.31. The maximum absolute atomic E-state index is 9.92. The molecule has 1 aromatic heterocycles. The van der Waals surface area contributed by atoms with Gasteiger partial charge in [0.15, 0.2) is 5.82 Å². The highest BCUT2D eigenvalue weighted by Gasteiger charge is 2.21. The van der Waals surface area contributed by atoms with Gasteiger partial charge in [-0.05, 0) is 50.6 Å². The van der Waals surface area contributed by atoms with Crippen molar-refractivity contribution in [2.45, 2.75) is 31.9 Å². The molecule has 2 N–H and O–H groups in total. The number of aliphatic hydroxyl groups excluding tert-OH is 1. The largest absolute Gasteiger partial charge is 0.491 e. The molecule has 0 saturated carbocycles. The average molecular weight is 447 g/mol. The van der Waals surface area contributed by atoms with Gasteiger partial charge >= 0.3 is 0 Å². The molecule has 1 fully saturated rings. The Hall–Kier alpha value is -2.19. The summed E-state index contributed by atoms with van der Waals surface area (Å²) in [5.41, 5.74) is 2.39. The minimum absolute atomic E-state index is 0.158. The summed E-state index contributed by atoms with van der Waals surface area (Å²) >= 11 is 6.35. The van der Waals surface area contributed by atoms with E-state index in [9.17, 15) is 5.11 Å². The van der Waals surface area contributed by atoms with Crippen molar-refractivity contribution in [3.63, 3.8) is 0 Å². The number of benzene rings is 1. The Morgan fingerprint density at radius 3 is 2.74 bits per heavy atom. The number of allylic oxidation sites excluding steroid dienone is 1. The van der Waals surface area contributed by atoms with Crippen LogP contribution in [0, 0.1) is 0 Å². The van der Waals surface area contributed by atoms with Crippen LogP contribution in [0.2, 0.25) is 5.02 Å². The van der Waals surface area contributed by atoms with Gasteiger partial charge in [-0.3, -0.25) is 0 Å². The Morgan fingerprint density at radius 2 is 2.06 bits per heavy atom. The summed E-state index contributed by atoms with van der Waals surface area (Å²) in [6.07, 6.45) is 1.31. The second-order valence-electron chi connectivity index (χ2n) is 7.87. The van der Waals surface area contributed by atoms with Gasteiger partial charge in [-0.2, -0.15) is 0 Å². The molecule has 0 radical (unpaired) electrons. The first-order valence-corrected chi connectivity index (χ1v) is 10.9. The van der Waals surface area contributed by atoms with E-state index in [-0.39, 0.29) is 6.61 Å². The van der Waals surface area contributed by atoms with Crippen LogP contribution in [0.3, 0.4) is 0 Å². The van der Waals surface area contributed by atoms with Crippen molar-refractivity contribution in [2.75, 3.05) is 45.4 Å². The molecule has 7 nitrogen and oxygen atoms in total. The van der Waals surface area contributed by atoms with Crippen molar-refractivity contribution in [3.8, 4) is 17.1 Å². The average Bonchev–Trinajstić information content (AvgIpc) is 2.77. The van der Waals surface area contributed by atoms with E-state index in [1.165, 1.54) is 0 Å². The number of ether oxygens (including phenoxy) is 2. The van der Waals surface area contributed by atoms with Crippen LogP contribution in [-0.2, 0) is 4.74 Å². The van der Waals surface area contributed by atoms with E-state index >= 15 is 0 Å². The third-order valence-electron chi connectivity index (χ3n) is 5.26. The zero-order chi connectivity index (χ0) is 22.4. The normalized spacial score (nSPS) is 15.5. The first-order valence-electron chi connectivity index (χ1n) is 10.5. The van der Waals surface area contributed by atoms with Crippen molar-refractivity contribution < 1.29 is 14.6 Å². The van der Waals surface area contributed by atoms with Crippen molar-refractivity contribution in [3.05, 3.63) is 41.6 Å². The second-order valence-corrected chi connectivity index (χ2v) is 8.30. The molecule has 3 rings (SSSR count). The number of hydrogen-bond acceptors (Lipinski definition) is 7. The molecule has 1 saturated heterocycles. The molecule has 8 heteroatoms. The molecule has 1 unspecified atom stereocenters. The van der Waals surface area contributed by atoms with E-state index in [0.29, 0.717) is 29.2 Å². The fraction of sp³-hybridized carbons (Fsp3) is 0.478. The van der Waals surface area contributed by atoms with Gasteiger partial charge < -0.3 is 24.8 Å². The number of aromatic nitrogens is 2. The standard InChI is InChI=1S/C23H31ClN4O3/c1-15(2)21-12-22(28(4)18-5-7-30-8-6-18)27-23(26-21)16-9-17(24)11-20(10-16)31-14-19(29)13-25-3/h9-12,18-19,25,29H,1,5-8,13-14H2,2-4H3. The maximum Gasteiger partial charge on any atom is 0.162 e. The number of anilines is 1. The Labute approximate surface area is 189 Å². The Balaban J connectivity index is 1.92. The van der Waals surface area contributed by atoms with Crippen molar-refractivity contribution in [2.24, 2.45) is 0 Å². The van der Waals surface area contributed by atoms with E-state index in [1.54, 1.807) is 13.1 Å². The molecule has 0 spiro atoms. The van der Waals surface area contributed by atoms with E-state index in [2.05, 4.69) is 23.8 Å². The topological polar surface area (TPSA) is 79.7 Å². The monoisotopic (exact) mass is 446 g/mol. The van der Waals surface area contributed by atoms with Gasteiger partial charge in [-0.1, -0.05) is 18.2 Å². The van der Waals surface area contributed by atoms with Crippen LogP contribution in [0.5, 0.6) is 5.75 Å². The smallest absolute Gasteiger partial charge is 0.162 e. The minimum atomic E-state index is -0.616. The van der Waals surface area contributed by atoms with Crippen LogP contribution in [0.4, 0.5) is 5.82 Å². The molecule has 2 aromatic rings. The number of aliphatic hydroxyl groups is 1. The molecule has 1 aliphatic rings. The quantitative estimate of drug-likeness (QED) is 0.611. The lowest BCUT2D eigenvalue weighted by atomic mass is 10.1. The third kappa shape index (κ3) is 6.40. The van der Waals surface area contributed by atoms with Crippen LogP contribution in [0.15, 0.2) is 30.8 Å². The summed E-state index contributed by atoms with van der Waals surface area (Å²) in [7, 11) is 3.83. The zero-order valence-electron chi connectivity index (χ0n) is 18.4. The Morgan fingerprint density at radius 1 is 1.32 bits per heavy atom. The van der Waals surface area contributed by atoms with Gasteiger partial charge in [-0.15, -0.1) is 0 Å². The lowest BCUT2D eigenvalue weighted by Gasteiger charge is -2.32. The number of likely N-dealkylation sites (N-methyl/N-ethyl adjacent to an activating group) is 1. The molecule has 0 amide bonds. The zero-order valence-corrected chi connectivity index (χ0v) is 19.2. The molecular weight excluding hydrogens is 416 g/mol. The third-order valence-corrected chi connectivity index (χ3v) is 5.48. The van der Waals surface area contributed by atoms with Gasteiger partial charge in [0.05, 0.1) is 5.69 Å². The molecular formula is C23H31ClN4O3. The molecule has 2 heterocycles. The highest BCUT2D eigenvalue weighted by atomic mass is 35.5. The molecule has 1 aromatic carbocycles.